The van der Waals surface area contributed by atoms with Gasteiger partial charge in [0.05, 0.1) is 35.0 Å². The van der Waals surface area contributed by atoms with Crippen LogP contribution >= 0.6 is 0 Å². The normalized spacial score (nSPS) is 21.2. The molecule has 274 valence electrons. The van der Waals surface area contributed by atoms with Crippen LogP contribution in [-0.4, -0.2) is 64.7 Å². The molecule has 0 saturated carbocycles. The number of aromatic nitrogens is 4. The van der Waals surface area contributed by atoms with Gasteiger partial charge in [0.25, 0.3) is 0 Å². The molecule has 2 unspecified atom stereocenters. The van der Waals surface area contributed by atoms with Crippen LogP contribution in [0, 0.1) is 5.92 Å². The molecule has 4 atom stereocenters. The van der Waals surface area contributed by atoms with Gasteiger partial charge < -0.3 is 24.5 Å². The zero-order chi connectivity index (χ0) is 37.1. The molecular weight excluding hydrogens is 656 g/mol. The molecule has 2 saturated heterocycles. The van der Waals surface area contributed by atoms with E-state index in [1.54, 1.807) is 6.20 Å². The summed E-state index contributed by atoms with van der Waals surface area (Å²) in [7, 11) is 0. The van der Waals surface area contributed by atoms with Crippen LogP contribution in [0.1, 0.15) is 110 Å². The van der Waals surface area contributed by atoms with Gasteiger partial charge in [0, 0.05) is 23.0 Å². The Morgan fingerprint density at radius 1 is 0.904 bits per heavy atom. The van der Waals surface area contributed by atoms with Gasteiger partial charge in [0.1, 0.15) is 29.6 Å². The summed E-state index contributed by atoms with van der Waals surface area (Å²) in [4.78, 5) is 44.9. The van der Waals surface area contributed by atoms with E-state index in [-0.39, 0.29) is 30.3 Å². The maximum absolute atomic E-state index is 13.2. The fraction of sp³-hybridized carbons (Fsp3) is 0.463. The molecule has 5 aromatic rings. The largest absolute Gasteiger partial charge is 0.488 e. The number of ether oxygens (including phenoxy) is 2. The van der Waals surface area contributed by atoms with Crippen molar-refractivity contribution in [2.24, 2.45) is 5.92 Å². The van der Waals surface area contributed by atoms with Gasteiger partial charge in [0.15, 0.2) is 0 Å². The van der Waals surface area contributed by atoms with Crippen LogP contribution in [0.25, 0.3) is 44.2 Å². The smallest absolute Gasteiger partial charge is 0.411 e. The quantitative estimate of drug-likeness (QED) is 0.170. The van der Waals surface area contributed by atoms with Crippen molar-refractivity contribution in [1.82, 2.24) is 29.7 Å². The van der Waals surface area contributed by atoms with Crippen molar-refractivity contribution in [3.8, 4) is 28.1 Å². The lowest BCUT2D eigenvalue weighted by Crippen LogP contribution is -2.40. The highest BCUT2D eigenvalue weighted by Crippen LogP contribution is 2.44. The first kappa shape index (κ1) is 35.3. The molecule has 11 nitrogen and oxygen atoms in total. The van der Waals surface area contributed by atoms with E-state index in [0.29, 0.717) is 12.4 Å². The number of imidazole rings is 2. The number of nitrogens with one attached hydrogen (secondary N) is 2. The Labute approximate surface area is 304 Å². The number of H-pyrrole nitrogens is 2. The number of benzene rings is 3. The molecule has 0 aliphatic carbocycles. The van der Waals surface area contributed by atoms with Gasteiger partial charge in [-0.1, -0.05) is 39.0 Å². The van der Waals surface area contributed by atoms with Crippen LogP contribution in [0.15, 0.2) is 48.7 Å². The number of nitrogens with zero attached hydrogens (tertiary/aromatic N) is 4. The molecule has 3 N–H and O–H groups in total. The van der Waals surface area contributed by atoms with E-state index < -0.39 is 11.7 Å². The van der Waals surface area contributed by atoms with Gasteiger partial charge in [-0.05, 0) is 113 Å². The summed E-state index contributed by atoms with van der Waals surface area (Å²) in [5.41, 5.74) is 6.22. The molecule has 11 heteroatoms. The lowest BCUT2D eigenvalue weighted by molar-refractivity contribution is 0.0152. The molecule has 52 heavy (non-hydrogen) atoms. The number of aromatic amines is 2. The van der Waals surface area contributed by atoms with Crippen molar-refractivity contribution in [2.75, 3.05) is 0 Å². The number of carboxylic acid groups (broad SMARTS) is 1. The number of carbonyl (C=O) groups is 2. The minimum absolute atomic E-state index is 0.0325. The first-order chi connectivity index (χ1) is 24.7. The number of rotatable bonds is 3. The predicted molar refractivity (Wildman–Crippen MR) is 202 cm³/mol. The van der Waals surface area contributed by atoms with Gasteiger partial charge in [-0.3, -0.25) is 9.80 Å². The fourth-order valence-electron chi connectivity index (χ4n) is 7.73. The molecule has 3 aromatic carbocycles. The summed E-state index contributed by atoms with van der Waals surface area (Å²) in [5.74, 6) is 3.08. The van der Waals surface area contributed by atoms with Crippen LogP contribution < -0.4 is 4.74 Å². The van der Waals surface area contributed by atoms with Crippen LogP contribution in [0.4, 0.5) is 9.59 Å². The van der Waals surface area contributed by atoms with E-state index in [2.05, 4.69) is 85.1 Å². The molecule has 0 bridgehead atoms. The van der Waals surface area contributed by atoms with Crippen LogP contribution in [0.2, 0.25) is 0 Å². The van der Waals surface area contributed by atoms with E-state index in [1.165, 1.54) is 4.90 Å². The van der Waals surface area contributed by atoms with Crippen molar-refractivity contribution in [1.29, 1.82) is 0 Å². The number of hydrogen-bond acceptors (Lipinski definition) is 6. The minimum Gasteiger partial charge on any atom is -0.488 e. The molecule has 3 aliphatic heterocycles. The van der Waals surface area contributed by atoms with Gasteiger partial charge in [-0.25, -0.2) is 19.6 Å². The van der Waals surface area contributed by atoms with Crippen molar-refractivity contribution in [3.63, 3.8) is 0 Å². The lowest BCUT2D eigenvalue weighted by Gasteiger charge is -2.30. The number of hydrogen-bond donors (Lipinski definition) is 3. The van der Waals surface area contributed by atoms with Crippen LogP contribution in [-0.2, 0) is 11.3 Å². The average molecular weight is 707 g/mol. The summed E-state index contributed by atoms with van der Waals surface area (Å²) >= 11 is 0. The lowest BCUT2D eigenvalue weighted by atomic mass is 9.92. The molecule has 2 aromatic heterocycles. The highest BCUT2D eigenvalue weighted by Gasteiger charge is 2.40. The van der Waals surface area contributed by atoms with E-state index in [9.17, 15) is 14.7 Å². The third kappa shape index (κ3) is 6.68. The van der Waals surface area contributed by atoms with Gasteiger partial charge in [-0.2, -0.15) is 0 Å². The van der Waals surface area contributed by atoms with E-state index >= 15 is 0 Å². The second-order valence-corrected chi connectivity index (χ2v) is 16.2. The summed E-state index contributed by atoms with van der Waals surface area (Å²) in [5, 5.41) is 11.8. The molecule has 2 fully saturated rings. The molecule has 8 rings (SSSR count). The number of likely N-dealkylation sites (tertiary alicyclic amines) is 2. The molecule has 0 spiro atoms. The monoisotopic (exact) mass is 706 g/mol. The zero-order valence-corrected chi connectivity index (χ0v) is 31.4. The number of amides is 2. The van der Waals surface area contributed by atoms with Crippen LogP contribution in [0.5, 0.6) is 5.75 Å². The topological polar surface area (TPSA) is 137 Å². The van der Waals surface area contributed by atoms with Gasteiger partial charge in [0.2, 0.25) is 0 Å². The Hall–Kier alpha value is -5.06. The highest BCUT2D eigenvalue weighted by atomic mass is 16.6. The van der Waals surface area contributed by atoms with Crippen LogP contribution in [0.3, 0.4) is 0 Å². The summed E-state index contributed by atoms with van der Waals surface area (Å²) in [6, 6.07) is 14.3. The standard InChI is InChI=1S/C37H40N6O5.C4H10/c1-19-6-12-29(42(19)35(44)45)33-38-17-28(40-33)22-8-10-24-23(14-22)18-47-31-16-25-21(15-26(24)31)9-11-27-32(25)41-34(39-27)30-13-7-20(2)43(30)36(46)48-37(3,4)5;1-4(2)3/h8-11,14-17,19-20,29-30H,6-7,12-13,18H2,1-5H3,(H,38,40)(H,39,41)(H,44,45);4H,1-3H3/t19?,20?,29-,30-;/m0./s1. The van der Waals surface area contributed by atoms with E-state index in [1.807, 2.05) is 32.6 Å². The number of fused-ring (bicyclic) bond motifs is 6. The van der Waals surface area contributed by atoms with Crippen molar-refractivity contribution in [3.05, 3.63) is 65.9 Å². The maximum Gasteiger partial charge on any atom is 0.411 e. The minimum atomic E-state index is -0.915. The highest BCUT2D eigenvalue weighted by molar-refractivity contribution is 6.07. The molecule has 3 aliphatic rings. The Kier molecular flexibility index (Phi) is 9.17. The second kappa shape index (κ2) is 13.5. The van der Waals surface area contributed by atoms with E-state index in [4.69, 9.17) is 14.5 Å². The first-order valence-corrected chi connectivity index (χ1v) is 18.5. The third-order valence-corrected chi connectivity index (χ3v) is 10.1. The fourth-order valence-corrected chi connectivity index (χ4v) is 7.73. The van der Waals surface area contributed by atoms with Gasteiger partial charge in [-0.15, -0.1) is 0 Å². The predicted octanol–water partition coefficient (Wildman–Crippen LogP) is 9.99. The molecule has 5 heterocycles. The average Bonchev–Trinajstić information content (AvgIpc) is 3.87. The molecule has 2 amide bonds. The third-order valence-electron chi connectivity index (χ3n) is 10.1. The SMILES string of the molecule is CC(C)C.CC1CC[C@@H](c2ncc(-c3ccc4c(c3)COc3cc5c(ccc6[nH]c([C@@H]7CCC(C)N7C(=O)OC(C)(C)C)nc65)cc3-4)[nH]2)N1C(=O)O. The van der Waals surface area contributed by atoms with E-state index in [0.717, 1.165) is 92.9 Å². The zero-order valence-electron chi connectivity index (χ0n) is 31.4. The molecule has 0 radical (unpaired) electrons. The second-order valence-electron chi connectivity index (χ2n) is 16.2. The van der Waals surface area contributed by atoms with Crippen molar-refractivity contribution >= 4 is 34.0 Å². The summed E-state index contributed by atoms with van der Waals surface area (Å²) in [6.07, 6.45) is 3.82. The Morgan fingerprint density at radius 3 is 2.29 bits per heavy atom. The Balaban J connectivity index is 0.00000100. The Morgan fingerprint density at radius 2 is 1.60 bits per heavy atom. The maximum atomic E-state index is 13.2. The number of carbonyl (C=O) groups excluding carboxylic acids is 1. The Bertz CT molecular complexity index is 2140. The first-order valence-electron chi connectivity index (χ1n) is 18.5. The van der Waals surface area contributed by atoms with Gasteiger partial charge >= 0.3 is 12.2 Å². The summed E-state index contributed by atoms with van der Waals surface area (Å²) < 4.78 is 12.1. The summed E-state index contributed by atoms with van der Waals surface area (Å²) in [6.45, 7) is 16.6. The molecular formula is C41H50N6O5. The van der Waals surface area contributed by atoms with Crippen molar-refractivity contribution in [2.45, 2.75) is 117 Å². The van der Waals surface area contributed by atoms with Crippen molar-refractivity contribution < 1.29 is 24.2 Å².